The second kappa shape index (κ2) is 38.9. The molecule has 8 aromatic rings. The van der Waals surface area contributed by atoms with Gasteiger partial charge in [-0.05, 0) is 234 Å². The highest BCUT2D eigenvalue weighted by Crippen LogP contribution is 2.36. The third-order valence-corrected chi connectivity index (χ3v) is 16.9. The number of nitrogens with zero attached hydrogens (tertiary/aromatic N) is 2. The molecule has 0 amide bonds. The Labute approximate surface area is 584 Å². The highest BCUT2D eigenvalue weighted by Gasteiger charge is 2.24. The number of hydrogen-bond donors (Lipinski definition) is 5. The second-order valence-electron chi connectivity index (χ2n) is 23.3. The summed E-state index contributed by atoms with van der Waals surface area (Å²) >= 11 is 0. The summed E-state index contributed by atoms with van der Waals surface area (Å²) in [6, 6.07) is 48.6. The molecule has 5 N–H and O–H groups in total. The summed E-state index contributed by atoms with van der Waals surface area (Å²) in [4.78, 5) is 48.8. The van der Waals surface area contributed by atoms with Crippen LogP contribution in [-0.2, 0) is 70.5 Å². The second-order valence-corrected chi connectivity index (χ2v) is 23.3. The number of ether oxygens (including phenoxy) is 10. The quantitative estimate of drug-likeness (QED) is 0.0303. The van der Waals surface area contributed by atoms with E-state index in [9.17, 15) is 14.7 Å². The average Bonchev–Trinajstić information content (AvgIpc) is 0.824. The highest BCUT2D eigenvalue weighted by molar-refractivity contribution is 6.04. The van der Waals surface area contributed by atoms with E-state index in [1.807, 2.05) is 78.9 Å². The van der Waals surface area contributed by atoms with Gasteiger partial charge in [-0.15, -0.1) is 0 Å². The number of rotatable bonds is 18. The van der Waals surface area contributed by atoms with Gasteiger partial charge in [-0.25, -0.2) is 0 Å². The van der Waals surface area contributed by atoms with E-state index in [2.05, 4.69) is 78.2 Å². The van der Waals surface area contributed by atoms with E-state index in [1.165, 1.54) is 58.4 Å². The number of fused-ring (bicyclic) bond motifs is 4. The Morgan fingerprint density at radius 3 is 1.18 bits per heavy atom. The first kappa shape index (κ1) is 76.5. The third kappa shape index (κ3) is 21.5. The number of aliphatic imine (C=N–C) groups is 2. The summed E-state index contributed by atoms with van der Waals surface area (Å²) in [5.74, 6) is 6.44. The Kier molecular flexibility index (Phi) is 29.7. The van der Waals surface area contributed by atoms with Crippen LogP contribution < -0.4 is 58.0 Å². The van der Waals surface area contributed by atoms with Crippen molar-refractivity contribution in [1.82, 2.24) is 10.6 Å². The maximum Gasteiger partial charge on any atom is 0.308 e. The lowest BCUT2D eigenvalue weighted by atomic mass is 9.90. The summed E-state index contributed by atoms with van der Waals surface area (Å²) in [6.07, 6.45) is 7.05. The molecule has 21 heteroatoms. The number of carbonyl (C=O) groups excluding carboxylic acids is 2. The predicted octanol–water partition coefficient (Wildman–Crippen LogP) is 12.1. The molecule has 0 saturated carbocycles. The van der Waals surface area contributed by atoms with Crippen molar-refractivity contribution >= 4 is 36.3 Å². The number of esters is 2. The molecular weight excluding hydrogens is 1280 g/mol. The Balaban J connectivity index is 0.000000182. The standard InChI is InChI=1S/C20H23NO4.C20H21NO4.C19H21NO2.C18H21NO3.2CH2O2/c2*1-13(22)25-20-11-14(4-7-19(20)24-3)10-18-17-6-5-16(23-2)12-15(17)8-9-21-18;1-13-10-14(4-7-19(13)22-3)11-18-17-6-5-16(21-2)12-15(17)8-9-20-18;1-21-14-4-5-15-13(11-14)7-8-19-16(15)9-12-3-6-18(22-2)17(20)10-12;2*2-1-3/h4-7,11-12,18,21H,8-10H2,1-3H3;4-7,11-12H,8-10H2,1-3H3;4-7,10,12H,8-9,11H2,1-3H3;3-6,10-11,16,19-20H,7-9H2,1-2H3;2*1H,(H,2,3). The Hall–Kier alpha value is -10.9. The zero-order valence-corrected chi connectivity index (χ0v) is 58.6. The fourth-order valence-corrected chi connectivity index (χ4v) is 12.3. The fraction of sp³-hybridized carbons (Fsp3) is 0.316. The van der Waals surface area contributed by atoms with Gasteiger partial charge in [0.05, 0.1) is 56.9 Å². The van der Waals surface area contributed by atoms with Gasteiger partial charge >= 0.3 is 11.9 Å². The molecule has 2 unspecified atom stereocenters. The highest BCUT2D eigenvalue weighted by atomic mass is 16.6. The molecule has 528 valence electrons. The number of aryl methyl sites for hydroxylation is 1. The van der Waals surface area contributed by atoms with Crippen LogP contribution in [0.4, 0.5) is 0 Å². The van der Waals surface area contributed by atoms with Crippen molar-refractivity contribution in [2.24, 2.45) is 9.98 Å². The van der Waals surface area contributed by atoms with E-state index in [-0.39, 0.29) is 42.7 Å². The molecule has 0 fully saturated rings. The van der Waals surface area contributed by atoms with Crippen molar-refractivity contribution in [3.63, 3.8) is 0 Å². The third-order valence-electron chi connectivity index (χ3n) is 16.9. The molecule has 0 bridgehead atoms. The van der Waals surface area contributed by atoms with Crippen LogP contribution in [0, 0.1) is 6.92 Å². The first-order valence-corrected chi connectivity index (χ1v) is 32.5. The number of phenols is 1. The lowest BCUT2D eigenvalue weighted by Crippen LogP contribution is -2.31. The largest absolute Gasteiger partial charge is 0.504 e. The normalized spacial score (nSPS) is 14.1. The smallest absolute Gasteiger partial charge is 0.308 e. The predicted molar refractivity (Wildman–Crippen MR) is 384 cm³/mol. The number of benzene rings is 8. The molecule has 8 aromatic carbocycles. The van der Waals surface area contributed by atoms with Gasteiger partial charge < -0.3 is 73.3 Å². The van der Waals surface area contributed by atoms with Crippen LogP contribution in [0.15, 0.2) is 156 Å². The minimum Gasteiger partial charge on any atom is -0.504 e. The summed E-state index contributed by atoms with van der Waals surface area (Å²) in [6.45, 7) is 7.83. The molecule has 4 aliphatic rings. The summed E-state index contributed by atoms with van der Waals surface area (Å²) < 4.78 is 52.7. The zero-order valence-electron chi connectivity index (χ0n) is 58.6. The van der Waals surface area contributed by atoms with Crippen LogP contribution in [0.2, 0.25) is 0 Å². The number of methoxy groups -OCH3 is 8. The molecule has 0 saturated heterocycles. The number of hydrogen-bond acceptors (Lipinski definition) is 19. The zero-order chi connectivity index (χ0) is 72.1. The molecule has 0 radical (unpaired) electrons. The lowest BCUT2D eigenvalue weighted by Gasteiger charge is -2.27. The fourth-order valence-electron chi connectivity index (χ4n) is 12.3. The van der Waals surface area contributed by atoms with Crippen LogP contribution in [0.3, 0.4) is 0 Å². The van der Waals surface area contributed by atoms with Crippen LogP contribution in [0.1, 0.15) is 98.3 Å². The van der Waals surface area contributed by atoms with Crippen LogP contribution >= 0.6 is 0 Å². The maximum atomic E-state index is 11.3. The number of carboxylic acid groups (broad SMARTS) is 2. The first-order chi connectivity index (χ1) is 48.4. The number of carbonyl (C=O) groups is 4. The SMILES string of the molecule is COc1ccc2c(c1)CCN=C2Cc1ccc(OC)c(C)c1.COc1ccc2c(c1)CCN=C2Cc1ccc(OC)c(OC(C)=O)c1.COc1ccc2c(c1)CCNC2Cc1ccc(OC)c(O)c1.COc1ccc2c(c1)CCNC2Cc1ccc(OC)c(OC(C)=O)c1.O=CO.O=CO. The molecule has 100 heavy (non-hydrogen) atoms. The van der Waals surface area contributed by atoms with Crippen molar-refractivity contribution in [1.29, 1.82) is 0 Å². The Morgan fingerprint density at radius 2 is 0.790 bits per heavy atom. The maximum absolute atomic E-state index is 11.3. The van der Waals surface area contributed by atoms with Crippen LogP contribution in [0.25, 0.3) is 0 Å². The molecule has 0 spiro atoms. The van der Waals surface area contributed by atoms with Gasteiger partial charge in [0.25, 0.3) is 12.9 Å². The van der Waals surface area contributed by atoms with Gasteiger partial charge in [-0.3, -0.25) is 29.2 Å². The Bertz CT molecular complexity index is 4130. The van der Waals surface area contributed by atoms with Crippen molar-refractivity contribution in [2.75, 3.05) is 83.1 Å². The summed E-state index contributed by atoms with van der Waals surface area (Å²) in [5, 5.41) is 30.8. The van der Waals surface area contributed by atoms with E-state index in [1.54, 1.807) is 62.9 Å². The van der Waals surface area contributed by atoms with Gasteiger partial charge in [-0.1, -0.05) is 42.5 Å². The molecule has 0 aliphatic carbocycles. The van der Waals surface area contributed by atoms with E-state index >= 15 is 0 Å². The van der Waals surface area contributed by atoms with Gasteiger partial charge in [-0.2, -0.15) is 0 Å². The van der Waals surface area contributed by atoms with Gasteiger partial charge in [0.15, 0.2) is 34.5 Å². The first-order valence-electron chi connectivity index (χ1n) is 32.5. The van der Waals surface area contributed by atoms with Crippen LogP contribution in [0.5, 0.6) is 63.2 Å². The molecule has 4 aliphatic heterocycles. The van der Waals surface area contributed by atoms with Gasteiger partial charge in [0, 0.05) is 63.3 Å². The van der Waals surface area contributed by atoms with Crippen molar-refractivity contribution in [3.05, 3.63) is 218 Å². The average molecular weight is 1370 g/mol. The molecular formula is C79H90N4O17. The minimum atomic E-state index is -0.372. The summed E-state index contributed by atoms with van der Waals surface area (Å²) in [7, 11) is 13.1. The van der Waals surface area contributed by atoms with E-state index < -0.39 is 0 Å². The Morgan fingerprint density at radius 1 is 0.430 bits per heavy atom. The monoisotopic (exact) mass is 1370 g/mol. The number of phenolic OH excluding ortho intramolecular Hbond substituents is 1. The van der Waals surface area contributed by atoms with Crippen LogP contribution in [-0.4, -0.2) is 135 Å². The van der Waals surface area contributed by atoms with Crippen molar-refractivity contribution in [3.8, 4) is 63.2 Å². The minimum absolute atomic E-state index is 0.186. The molecule has 2 atom stereocenters. The molecule has 0 aromatic heterocycles. The van der Waals surface area contributed by atoms with Crippen molar-refractivity contribution in [2.45, 2.75) is 84.2 Å². The van der Waals surface area contributed by atoms with Gasteiger partial charge in [0.1, 0.15) is 28.7 Å². The topological polar surface area (TPSA) is 270 Å². The summed E-state index contributed by atoms with van der Waals surface area (Å²) in [5.41, 5.74) is 18.0. The molecule has 21 nitrogen and oxygen atoms in total. The van der Waals surface area contributed by atoms with Crippen molar-refractivity contribution < 1.29 is 81.9 Å². The van der Waals surface area contributed by atoms with E-state index in [4.69, 9.17) is 77.2 Å². The lowest BCUT2D eigenvalue weighted by molar-refractivity contribution is -0.132. The number of aromatic hydroxyl groups is 1. The van der Waals surface area contributed by atoms with E-state index in [0.717, 1.165) is 139 Å². The number of nitrogens with one attached hydrogen (secondary N) is 2. The van der Waals surface area contributed by atoms with E-state index in [0.29, 0.717) is 35.2 Å². The van der Waals surface area contributed by atoms with Gasteiger partial charge in [0.2, 0.25) is 0 Å². The molecule has 12 rings (SSSR count). The molecule has 4 heterocycles.